The lowest BCUT2D eigenvalue weighted by Crippen LogP contribution is -2.18. The van der Waals surface area contributed by atoms with Gasteiger partial charge in [-0.25, -0.2) is 0 Å². The highest BCUT2D eigenvalue weighted by Crippen LogP contribution is 2.28. The Morgan fingerprint density at radius 3 is 2.27 bits per heavy atom. The molecule has 0 saturated heterocycles. The van der Waals surface area contributed by atoms with Gasteiger partial charge < -0.3 is 19.6 Å². The molecule has 0 heterocycles. The van der Waals surface area contributed by atoms with Crippen LogP contribution in [0.4, 0.5) is 0 Å². The van der Waals surface area contributed by atoms with Crippen LogP contribution in [-0.4, -0.2) is 39.6 Å². The van der Waals surface area contributed by atoms with Crippen LogP contribution in [0.15, 0.2) is 0 Å². The first kappa shape index (κ1) is 21.3. The number of aliphatic carboxylic acids is 1. The zero-order valence-electron chi connectivity index (χ0n) is 13.4. The summed E-state index contributed by atoms with van der Waals surface area (Å²) in [6, 6.07) is 0. The molecule has 0 fully saturated rings. The summed E-state index contributed by atoms with van der Waals surface area (Å²) >= 11 is 0. The van der Waals surface area contributed by atoms with Crippen molar-refractivity contribution in [1.82, 2.24) is 0 Å². The van der Waals surface area contributed by atoms with Crippen LogP contribution in [0, 0.1) is 5.92 Å². The van der Waals surface area contributed by atoms with Gasteiger partial charge in [-0.1, -0.05) is 39.0 Å². The highest BCUT2D eigenvalue weighted by molar-refractivity contribution is 7.45. The maximum absolute atomic E-state index is 11.5. The topological polar surface area (TPSA) is 104 Å². The van der Waals surface area contributed by atoms with Crippen molar-refractivity contribution in [2.24, 2.45) is 5.92 Å². The Kier molecular flexibility index (Phi) is 13.5. The molecule has 6 nitrogen and oxygen atoms in total. The average Bonchev–Trinajstić information content (AvgIpc) is 2.45. The van der Waals surface area contributed by atoms with Crippen molar-refractivity contribution in [2.45, 2.75) is 64.7 Å². The van der Waals surface area contributed by atoms with Crippen molar-refractivity contribution >= 4 is 20.3 Å². The van der Waals surface area contributed by atoms with E-state index < -0.39 is 20.3 Å². The van der Waals surface area contributed by atoms with E-state index in [0.29, 0.717) is 12.8 Å². The van der Waals surface area contributed by atoms with E-state index in [1.54, 1.807) is 0 Å². The van der Waals surface area contributed by atoms with Gasteiger partial charge >= 0.3 is 11.9 Å². The fraction of sp³-hybridized carbons (Fsp3) is 0.867. The third kappa shape index (κ3) is 13.0. The van der Waals surface area contributed by atoms with Crippen LogP contribution in [0.5, 0.6) is 0 Å². The Morgan fingerprint density at radius 1 is 1.05 bits per heavy atom. The first-order valence-corrected chi connectivity index (χ1v) is 9.44. The van der Waals surface area contributed by atoms with E-state index in [-0.39, 0.29) is 25.2 Å². The fourth-order valence-electron chi connectivity index (χ4n) is 2.13. The Hall–Kier alpha value is -0.710. The van der Waals surface area contributed by atoms with E-state index in [1.807, 2.05) is 0 Å². The van der Waals surface area contributed by atoms with E-state index >= 15 is 0 Å². The number of ether oxygens (including phenoxy) is 1. The summed E-state index contributed by atoms with van der Waals surface area (Å²) in [6.45, 7) is 2.35. The van der Waals surface area contributed by atoms with Gasteiger partial charge in [-0.15, -0.1) is 0 Å². The Labute approximate surface area is 133 Å². The molecule has 0 radical (unpaired) electrons. The van der Waals surface area contributed by atoms with E-state index in [9.17, 15) is 9.59 Å². The maximum atomic E-state index is 11.5. The lowest BCUT2D eigenvalue weighted by molar-refractivity contribution is -0.144. The highest BCUT2D eigenvalue weighted by Gasteiger charge is 2.20. The second kappa shape index (κ2) is 13.9. The van der Waals surface area contributed by atoms with Gasteiger partial charge in [0.05, 0.1) is 12.5 Å². The molecule has 1 unspecified atom stereocenters. The van der Waals surface area contributed by atoms with Gasteiger partial charge in [0, 0.05) is 12.6 Å². The maximum Gasteiger partial charge on any atom is 0.307 e. The molecule has 7 heteroatoms. The summed E-state index contributed by atoms with van der Waals surface area (Å²) in [7, 11) is -2.21. The molecule has 130 valence electrons. The van der Waals surface area contributed by atoms with Crippen molar-refractivity contribution in [2.75, 3.05) is 12.8 Å². The summed E-state index contributed by atoms with van der Waals surface area (Å²) in [5.41, 5.74) is 0. The van der Waals surface area contributed by atoms with Gasteiger partial charge in [0.2, 0.25) is 0 Å². The summed E-state index contributed by atoms with van der Waals surface area (Å²) in [4.78, 5) is 40.1. The number of carboxylic acids is 1. The molecule has 0 aliphatic rings. The minimum Gasteiger partial charge on any atom is -0.481 e. The number of hydrogen-bond donors (Lipinski definition) is 3. The molecule has 0 saturated carbocycles. The van der Waals surface area contributed by atoms with Crippen molar-refractivity contribution in [3.8, 4) is 0 Å². The predicted molar refractivity (Wildman–Crippen MR) is 85.5 cm³/mol. The Balaban J connectivity index is 3.60. The molecule has 0 aromatic rings. The van der Waals surface area contributed by atoms with E-state index in [4.69, 9.17) is 19.6 Å². The molecule has 0 spiro atoms. The minimum atomic E-state index is -2.21. The van der Waals surface area contributed by atoms with Crippen LogP contribution in [0.3, 0.4) is 0 Å². The summed E-state index contributed by atoms with van der Waals surface area (Å²) in [6.07, 6.45) is 7.62. The third-order valence-electron chi connectivity index (χ3n) is 3.43. The van der Waals surface area contributed by atoms with Crippen LogP contribution < -0.4 is 0 Å². The standard InChI is InChI=1S/C15H29O6P/c1-2-3-4-5-6-7-10-14(16)21-11-8-9-13(15(17)18)12-22(19)20/h13,19-20H,2-12H2,1H3,(H,17,18). The second-order valence-electron chi connectivity index (χ2n) is 5.47. The molecule has 22 heavy (non-hydrogen) atoms. The van der Waals surface area contributed by atoms with Gasteiger partial charge in [-0.3, -0.25) is 9.59 Å². The van der Waals surface area contributed by atoms with Crippen molar-refractivity contribution in [1.29, 1.82) is 0 Å². The molecule has 0 aromatic carbocycles. The molecule has 0 amide bonds. The summed E-state index contributed by atoms with van der Waals surface area (Å²) in [5.74, 6) is -2.08. The molecular formula is C15H29O6P. The largest absolute Gasteiger partial charge is 0.481 e. The Bertz CT molecular complexity index is 308. The molecule has 0 rings (SSSR count). The lowest BCUT2D eigenvalue weighted by Gasteiger charge is -2.12. The van der Waals surface area contributed by atoms with Gasteiger partial charge in [-0.2, -0.15) is 0 Å². The van der Waals surface area contributed by atoms with Crippen molar-refractivity contribution in [3.05, 3.63) is 0 Å². The predicted octanol–water partition coefficient (Wildman–Crippen LogP) is 3.06. The number of hydrogen-bond acceptors (Lipinski definition) is 5. The monoisotopic (exact) mass is 336 g/mol. The van der Waals surface area contributed by atoms with Crippen LogP contribution in [0.25, 0.3) is 0 Å². The van der Waals surface area contributed by atoms with Crippen LogP contribution in [-0.2, 0) is 14.3 Å². The van der Waals surface area contributed by atoms with Crippen molar-refractivity contribution in [3.63, 3.8) is 0 Å². The molecule has 0 aromatic heterocycles. The normalized spacial score (nSPS) is 12.4. The first-order valence-electron chi connectivity index (χ1n) is 8.01. The number of carbonyl (C=O) groups excluding carboxylic acids is 1. The minimum absolute atomic E-state index is 0.142. The van der Waals surface area contributed by atoms with E-state index in [0.717, 1.165) is 19.3 Å². The number of carboxylic acid groups (broad SMARTS) is 1. The fourth-order valence-corrected chi connectivity index (χ4v) is 2.86. The smallest absolute Gasteiger partial charge is 0.307 e. The molecule has 0 aliphatic heterocycles. The number of esters is 1. The van der Waals surface area contributed by atoms with Crippen molar-refractivity contribution < 1.29 is 29.2 Å². The van der Waals surface area contributed by atoms with Gasteiger partial charge in [0.15, 0.2) is 8.38 Å². The first-order chi connectivity index (χ1) is 10.5. The molecule has 0 bridgehead atoms. The third-order valence-corrected chi connectivity index (χ3v) is 4.19. The molecule has 0 aliphatic carbocycles. The molecular weight excluding hydrogens is 307 g/mol. The summed E-state index contributed by atoms with van der Waals surface area (Å²) < 4.78 is 5.05. The molecule has 1 atom stereocenters. The van der Waals surface area contributed by atoms with E-state index in [2.05, 4.69) is 6.92 Å². The van der Waals surface area contributed by atoms with E-state index in [1.165, 1.54) is 19.3 Å². The number of carbonyl (C=O) groups is 2. The van der Waals surface area contributed by atoms with Crippen LogP contribution in [0.1, 0.15) is 64.7 Å². The molecule has 3 N–H and O–H groups in total. The van der Waals surface area contributed by atoms with Gasteiger partial charge in [0.1, 0.15) is 0 Å². The van der Waals surface area contributed by atoms with Crippen LogP contribution in [0.2, 0.25) is 0 Å². The lowest BCUT2D eigenvalue weighted by atomic mass is 10.1. The van der Waals surface area contributed by atoms with Crippen LogP contribution >= 0.6 is 8.38 Å². The Morgan fingerprint density at radius 2 is 1.68 bits per heavy atom. The quantitative estimate of drug-likeness (QED) is 0.256. The second-order valence-corrected chi connectivity index (χ2v) is 6.58. The highest BCUT2D eigenvalue weighted by atomic mass is 31.2. The SMILES string of the molecule is CCCCCCCCC(=O)OCCCC(CP(O)O)C(=O)O. The zero-order chi connectivity index (χ0) is 16.8. The zero-order valence-corrected chi connectivity index (χ0v) is 14.3. The van der Waals surface area contributed by atoms with Gasteiger partial charge in [0.25, 0.3) is 0 Å². The van der Waals surface area contributed by atoms with Gasteiger partial charge in [-0.05, 0) is 19.3 Å². The number of unbranched alkanes of at least 4 members (excludes halogenated alkanes) is 5. The average molecular weight is 336 g/mol. The summed E-state index contributed by atoms with van der Waals surface area (Å²) in [5, 5.41) is 8.92. The number of rotatable bonds is 14.